The third kappa shape index (κ3) is 4.67. The number of carbonyl (C=O) groups excluding carboxylic acids is 1. The molecule has 1 aliphatic carbocycles. The Labute approximate surface area is 132 Å². The van der Waals surface area contributed by atoms with Gasteiger partial charge < -0.3 is 10.6 Å². The van der Waals surface area contributed by atoms with Gasteiger partial charge in [-0.2, -0.15) is 11.8 Å². The molecule has 4 heteroatoms. The molecule has 3 nitrogen and oxygen atoms in total. The van der Waals surface area contributed by atoms with Gasteiger partial charge in [0, 0.05) is 23.5 Å². The minimum Gasteiger partial charge on any atom is -0.384 e. The molecule has 116 valence electrons. The Morgan fingerprint density at radius 2 is 2.10 bits per heavy atom. The van der Waals surface area contributed by atoms with E-state index in [4.69, 9.17) is 0 Å². The first-order chi connectivity index (χ1) is 10.2. The van der Waals surface area contributed by atoms with Gasteiger partial charge in [-0.25, -0.2) is 0 Å². The van der Waals surface area contributed by atoms with Crippen molar-refractivity contribution >= 4 is 23.4 Å². The first kappa shape index (κ1) is 16.2. The molecule has 0 spiro atoms. The predicted octanol–water partition coefficient (Wildman–Crippen LogP) is 3.91. The van der Waals surface area contributed by atoms with Gasteiger partial charge in [0.25, 0.3) is 5.91 Å². The molecule has 1 saturated carbocycles. The SMILES string of the molecule is CCCNc1ccccc1C(=O)NC1CCC(SCC)C1. The van der Waals surface area contributed by atoms with Gasteiger partial charge in [0.1, 0.15) is 0 Å². The highest BCUT2D eigenvalue weighted by molar-refractivity contribution is 7.99. The molecule has 1 aromatic rings. The lowest BCUT2D eigenvalue weighted by atomic mass is 10.1. The van der Waals surface area contributed by atoms with Crippen LogP contribution in [0.5, 0.6) is 0 Å². The molecule has 0 saturated heterocycles. The number of hydrogen-bond donors (Lipinski definition) is 2. The van der Waals surface area contributed by atoms with Gasteiger partial charge in [0.2, 0.25) is 0 Å². The zero-order valence-corrected chi connectivity index (χ0v) is 13.8. The monoisotopic (exact) mass is 306 g/mol. The Kier molecular flexibility index (Phi) is 6.43. The Balaban J connectivity index is 1.94. The fraction of sp³-hybridized carbons (Fsp3) is 0.588. The zero-order chi connectivity index (χ0) is 15.1. The van der Waals surface area contributed by atoms with Crippen LogP contribution in [0.4, 0.5) is 5.69 Å². The van der Waals surface area contributed by atoms with Gasteiger partial charge in [-0.05, 0) is 43.6 Å². The van der Waals surface area contributed by atoms with E-state index in [0.717, 1.165) is 42.8 Å². The number of carbonyl (C=O) groups is 1. The second-order valence-corrected chi connectivity index (χ2v) is 7.11. The van der Waals surface area contributed by atoms with Crippen molar-refractivity contribution in [1.29, 1.82) is 0 Å². The summed E-state index contributed by atoms with van der Waals surface area (Å²) >= 11 is 2.02. The summed E-state index contributed by atoms with van der Waals surface area (Å²) in [6, 6.07) is 8.12. The molecule has 1 aliphatic rings. The Morgan fingerprint density at radius 3 is 2.86 bits per heavy atom. The van der Waals surface area contributed by atoms with Crippen LogP contribution in [0, 0.1) is 0 Å². The minimum absolute atomic E-state index is 0.0568. The van der Waals surface area contributed by atoms with E-state index in [1.165, 1.54) is 6.42 Å². The lowest BCUT2D eigenvalue weighted by molar-refractivity contribution is 0.0939. The molecule has 1 aromatic carbocycles. The fourth-order valence-corrected chi connectivity index (χ4v) is 3.96. The maximum absolute atomic E-state index is 12.5. The molecule has 0 bridgehead atoms. The second kappa shape index (κ2) is 8.32. The van der Waals surface area contributed by atoms with Gasteiger partial charge >= 0.3 is 0 Å². The molecule has 2 N–H and O–H groups in total. The molecule has 1 fully saturated rings. The average molecular weight is 306 g/mol. The number of thioether (sulfide) groups is 1. The van der Waals surface area contributed by atoms with Crippen molar-refractivity contribution in [3.63, 3.8) is 0 Å². The minimum atomic E-state index is 0.0568. The Hall–Kier alpha value is -1.16. The number of benzene rings is 1. The summed E-state index contributed by atoms with van der Waals surface area (Å²) in [4.78, 5) is 12.5. The third-order valence-electron chi connectivity index (χ3n) is 3.86. The van der Waals surface area contributed by atoms with E-state index >= 15 is 0 Å². The van der Waals surface area contributed by atoms with E-state index in [1.807, 2.05) is 36.0 Å². The van der Waals surface area contributed by atoms with Crippen LogP contribution in [0.3, 0.4) is 0 Å². The molecule has 0 aromatic heterocycles. The van der Waals surface area contributed by atoms with Gasteiger partial charge in [0.15, 0.2) is 0 Å². The first-order valence-corrected chi connectivity index (χ1v) is 9.04. The number of hydrogen-bond acceptors (Lipinski definition) is 3. The zero-order valence-electron chi connectivity index (χ0n) is 13.0. The molecule has 21 heavy (non-hydrogen) atoms. The van der Waals surface area contributed by atoms with Gasteiger partial charge in [-0.15, -0.1) is 0 Å². The van der Waals surface area contributed by atoms with Crippen LogP contribution in [0.1, 0.15) is 49.9 Å². The first-order valence-electron chi connectivity index (χ1n) is 8.00. The maximum Gasteiger partial charge on any atom is 0.253 e. The molecule has 1 amide bonds. The standard InChI is InChI=1S/C17H26N2OS/c1-3-11-18-16-8-6-5-7-15(16)17(20)19-13-9-10-14(12-13)21-4-2/h5-8,13-14,18H,3-4,9-12H2,1-2H3,(H,19,20). The fourth-order valence-electron chi connectivity index (χ4n) is 2.82. The number of rotatable bonds is 7. The average Bonchev–Trinajstić information content (AvgIpc) is 2.93. The molecule has 2 unspecified atom stereocenters. The van der Waals surface area contributed by atoms with E-state index in [9.17, 15) is 4.79 Å². The van der Waals surface area contributed by atoms with Crippen molar-refractivity contribution in [2.24, 2.45) is 0 Å². The Bertz CT molecular complexity index is 464. The quantitative estimate of drug-likeness (QED) is 0.802. The van der Waals surface area contributed by atoms with Crippen molar-refractivity contribution in [3.05, 3.63) is 29.8 Å². The van der Waals surface area contributed by atoms with E-state index < -0.39 is 0 Å². The van der Waals surface area contributed by atoms with Crippen molar-refractivity contribution in [3.8, 4) is 0 Å². The maximum atomic E-state index is 12.5. The molecular formula is C17H26N2OS. The van der Waals surface area contributed by atoms with E-state index in [-0.39, 0.29) is 5.91 Å². The largest absolute Gasteiger partial charge is 0.384 e. The van der Waals surface area contributed by atoms with Crippen LogP contribution < -0.4 is 10.6 Å². The predicted molar refractivity (Wildman–Crippen MR) is 92.2 cm³/mol. The van der Waals surface area contributed by atoms with Crippen LogP contribution in [-0.2, 0) is 0 Å². The van der Waals surface area contributed by atoms with E-state index in [2.05, 4.69) is 24.5 Å². The van der Waals surface area contributed by atoms with Crippen molar-refractivity contribution in [1.82, 2.24) is 5.32 Å². The normalized spacial score (nSPS) is 21.2. The number of anilines is 1. The summed E-state index contributed by atoms with van der Waals surface area (Å²) in [5.41, 5.74) is 1.70. The molecule has 0 radical (unpaired) electrons. The topological polar surface area (TPSA) is 41.1 Å². The van der Waals surface area contributed by atoms with Gasteiger partial charge in [-0.3, -0.25) is 4.79 Å². The highest BCUT2D eigenvalue weighted by atomic mass is 32.2. The van der Waals surface area contributed by atoms with E-state index in [0.29, 0.717) is 11.3 Å². The van der Waals surface area contributed by atoms with Crippen molar-refractivity contribution < 1.29 is 4.79 Å². The molecule has 0 heterocycles. The summed E-state index contributed by atoms with van der Waals surface area (Å²) < 4.78 is 0. The molecule has 2 rings (SSSR count). The summed E-state index contributed by atoms with van der Waals surface area (Å²) in [6.07, 6.45) is 4.48. The summed E-state index contributed by atoms with van der Waals surface area (Å²) in [5, 5.41) is 7.26. The second-order valence-electron chi connectivity index (χ2n) is 5.53. The Morgan fingerprint density at radius 1 is 1.29 bits per heavy atom. The highest BCUT2D eigenvalue weighted by Gasteiger charge is 2.26. The number of nitrogens with one attached hydrogen (secondary N) is 2. The van der Waals surface area contributed by atoms with Crippen LogP contribution in [0.25, 0.3) is 0 Å². The third-order valence-corrected chi connectivity index (χ3v) is 5.09. The van der Waals surface area contributed by atoms with Gasteiger partial charge in [0.05, 0.1) is 5.56 Å². The summed E-state index contributed by atoms with van der Waals surface area (Å²) in [6.45, 7) is 5.22. The summed E-state index contributed by atoms with van der Waals surface area (Å²) in [5.74, 6) is 1.22. The lowest BCUT2D eigenvalue weighted by Gasteiger charge is -2.16. The smallest absolute Gasteiger partial charge is 0.253 e. The molecule has 0 aliphatic heterocycles. The number of para-hydroxylation sites is 1. The lowest BCUT2D eigenvalue weighted by Crippen LogP contribution is -2.33. The summed E-state index contributed by atoms with van der Waals surface area (Å²) in [7, 11) is 0. The van der Waals surface area contributed by atoms with Crippen LogP contribution in [0.2, 0.25) is 0 Å². The number of amides is 1. The highest BCUT2D eigenvalue weighted by Crippen LogP contribution is 2.30. The van der Waals surface area contributed by atoms with E-state index in [1.54, 1.807) is 0 Å². The van der Waals surface area contributed by atoms with Crippen molar-refractivity contribution in [2.75, 3.05) is 17.6 Å². The van der Waals surface area contributed by atoms with Crippen LogP contribution in [-0.4, -0.2) is 29.5 Å². The molecular weight excluding hydrogens is 280 g/mol. The molecule has 2 atom stereocenters. The van der Waals surface area contributed by atoms with Crippen LogP contribution >= 0.6 is 11.8 Å². The van der Waals surface area contributed by atoms with Gasteiger partial charge in [-0.1, -0.05) is 26.0 Å². The van der Waals surface area contributed by atoms with Crippen LogP contribution in [0.15, 0.2) is 24.3 Å². The van der Waals surface area contributed by atoms with Crippen molar-refractivity contribution in [2.45, 2.75) is 50.8 Å².